The number of aromatic hydroxyl groups is 1. The molecule has 6 N–H and O–H groups in total. The number of methoxy groups -OCH3 is 1. The van der Waals surface area contributed by atoms with E-state index in [1.165, 1.54) is 12.3 Å². The van der Waals surface area contributed by atoms with Gasteiger partial charge < -0.3 is 35.6 Å². The summed E-state index contributed by atoms with van der Waals surface area (Å²) in [6.45, 7) is 13.1. The molecular weight excluding hydrogens is 855 g/mol. The first-order valence-electron chi connectivity index (χ1n) is 22.6. The summed E-state index contributed by atoms with van der Waals surface area (Å²) in [5.41, 5.74) is 14.1. The number of nitrogens with one attached hydrogen (secondary N) is 3. The van der Waals surface area contributed by atoms with E-state index in [4.69, 9.17) is 14.9 Å². The molecule has 0 radical (unpaired) electrons. The van der Waals surface area contributed by atoms with Crippen molar-refractivity contribution in [2.75, 3.05) is 17.7 Å². The molecule has 0 unspecified atom stereocenters. The number of fused-ring (bicyclic) bond motifs is 2. The largest absolute Gasteiger partial charge is 0.506 e. The Morgan fingerprint density at radius 3 is 2.43 bits per heavy atom. The molecule has 67 heavy (non-hydrogen) atoms. The van der Waals surface area contributed by atoms with E-state index < -0.39 is 14.2 Å². The standard InChI is InChI=1S/C55H59N5O6Si/c1-35-28-38(32-45-50(35)57-34-46(53(56)63)51(45)58-41-21-15-22-42(33-41)65-5)29-37-18-13-19-39(30-37)54(64)59-40-20-14-17-36(31-40)16-11-9-8-10-12-23-48(66-67(6,7)55(2,3)4)43-24-26-47(61)52-44(43)25-27-49(62)60-52/h13-15,17-22,24-28,30-34,48,61H,8-10,12,23,29H2,1-7H3,(H2,56,63)(H,57,58)(H,59,64)(H,60,62)/t48-/m0/s1. The first kappa shape index (κ1) is 47.8. The quantitative estimate of drug-likeness (QED) is 0.0362. The molecule has 0 bridgehead atoms. The topological polar surface area (TPSA) is 169 Å². The molecule has 0 fully saturated rings. The van der Waals surface area contributed by atoms with Crippen LogP contribution in [0.15, 0.2) is 120 Å². The number of primary amides is 1. The van der Waals surface area contributed by atoms with Gasteiger partial charge in [-0.05, 0) is 127 Å². The van der Waals surface area contributed by atoms with Gasteiger partial charge in [0.1, 0.15) is 11.5 Å². The van der Waals surface area contributed by atoms with Gasteiger partial charge in [0.25, 0.3) is 11.8 Å². The third-order valence-electron chi connectivity index (χ3n) is 12.5. The maximum absolute atomic E-state index is 13.6. The molecule has 7 rings (SSSR count). The number of anilines is 3. The molecule has 0 saturated heterocycles. The first-order valence-corrected chi connectivity index (χ1v) is 25.6. The highest BCUT2D eigenvalue weighted by molar-refractivity contribution is 6.74. The zero-order valence-electron chi connectivity index (χ0n) is 39.3. The molecule has 344 valence electrons. The fourth-order valence-electron chi connectivity index (χ4n) is 7.99. The zero-order chi connectivity index (χ0) is 47.9. The van der Waals surface area contributed by atoms with E-state index in [-0.39, 0.29) is 33.9 Å². The molecule has 0 aliphatic rings. The number of hydrogen-bond acceptors (Lipinski definition) is 8. The van der Waals surface area contributed by atoms with Crippen LogP contribution in [0.2, 0.25) is 18.1 Å². The molecule has 2 heterocycles. The summed E-state index contributed by atoms with van der Waals surface area (Å²) in [7, 11) is -0.560. The number of ether oxygens (including phenoxy) is 1. The molecular formula is C55H59N5O6Si. The number of carbonyl (C=O) groups excluding carboxylic acids is 2. The van der Waals surface area contributed by atoms with Crippen molar-refractivity contribution in [1.29, 1.82) is 0 Å². The molecule has 2 aromatic heterocycles. The number of aromatic nitrogens is 2. The molecule has 5 aromatic carbocycles. The maximum Gasteiger partial charge on any atom is 0.255 e. The number of rotatable bonds is 16. The zero-order valence-corrected chi connectivity index (χ0v) is 40.3. The van der Waals surface area contributed by atoms with Crippen LogP contribution in [0.1, 0.15) is 108 Å². The average molecular weight is 914 g/mol. The van der Waals surface area contributed by atoms with Crippen molar-refractivity contribution in [3.63, 3.8) is 0 Å². The number of aromatic amines is 1. The summed E-state index contributed by atoms with van der Waals surface area (Å²) >= 11 is 0. The van der Waals surface area contributed by atoms with E-state index in [1.54, 1.807) is 25.3 Å². The van der Waals surface area contributed by atoms with E-state index in [2.05, 4.69) is 72.4 Å². The van der Waals surface area contributed by atoms with Gasteiger partial charge in [-0.25, -0.2) is 0 Å². The lowest BCUT2D eigenvalue weighted by molar-refractivity contribution is 0.0998. The molecule has 0 aliphatic carbocycles. The number of nitrogens with two attached hydrogens (primary N) is 1. The van der Waals surface area contributed by atoms with Gasteiger partial charge in [-0.2, -0.15) is 0 Å². The molecule has 1 atom stereocenters. The Morgan fingerprint density at radius 1 is 0.881 bits per heavy atom. The summed E-state index contributed by atoms with van der Waals surface area (Å²) in [6.07, 6.45) is 6.18. The second-order valence-corrected chi connectivity index (χ2v) is 23.3. The maximum atomic E-state index is 13.6. The minimum Gasteiger partial charge on any atom is -0.506 e. The van der Waals surface area contributed by atoms with Gasteiger partial charge in [0.05, 0.1) is 35.5 Å². The van der Waals surface area contributed by atoms with Crippen molar-refractivity contribution in [2.45, 2.75) is 90.5 Å². The smallest absolute Gasteiger partial charge is 0.255 e. The van der Waals surface area contributed by atoms with E-state index in [9.17, 15) is 19.5 Å². The second kappa shape index (κ2) is 20.5. The number of phenolic OH excluding ortho intramolecular Hbond substituents is 1. The first-order chi connectivity index (χ1) is 32.0. The van der Waals surface area contributed by atoms with Crippen molar-refractivity contribution < 1.29 is 23.9 Å². The number of benzene rings is 5. The van der Waals surface area contributed by atoms with Crippen molar-refractivity contribution in [3.8, 4) is 23.3 Å². The van der Waals surface area contributed by atoms with E-state index in [0.29, 0.717) is 34.6 Å². The van der Waals surface area contributed by atoms with Gasteiger partial charge in [0.15, 0.2) is 8.32 Å². The van der Waals surface area contributed by atoms with Crippen LogP contribution in [-0.4, -0.2) is 42.3 Å². The fourth-order valence-corrected chi connectivity index (χ4v) is 9.30. The van der Waals surface area contributed by atoms with Crippen molar-refractivity contribution in [1.82, 2.24) is 9.97 Å². The summed E-state index contributed by atoms with van der Waals surface area (Å²) in [5.74, 6) is 6.48. The summed E-state index contributed by atoms with van der Waals surface area (Å²) in [6, 6.07) is 33.5. The Hall–Kier alpha value is -7.20. The van der Waals surface area contributed by atoms with Crippen molar-refractivity contribution >= 4 is 59.0 Å². The monoisotopic (exact) mass is 913 g/mol. The molecule has 2 amide bonds. The number of pyridine rings is 2. The summed E-state index contributed by atoms with van der Waals surface area (Å²) in [4.78, 5) is 45.7. The molecule has 12 heteroatoms. The number of unbranched alkanes of at least 4 members (excludes halogenated alkanes) is 3. The van der Waals surface area contributed by atoms with Crippen LogP contribution in [0, 0.1) is 18.8 Å². The summed E-state index contributed by atoms with van der Waals surface area (Å²) < 4.78 is 12.4. The third kappa shape index (κ3) is 11.6. The second-order valence-electron chi connectivity index (χ2n) is 18.5. The number of aryl methyl sites for hydroxylation is 1. The Labute approximate surface area is 393 Å². The van der Waals surface area contributed by atoms with E-state index in [1.807, 2.05) is 85.8 Å². The van der Waals surface area contributed by atoms with Gasteiger partial charge in [-0.1, -0.05) is 81.9 Å². The average Bonchev–Trinajstić information content (AvgIpc) is 3.28. The Balaban J connectivity index is 0.977. The van der Waals surface area contributed by atoms with Crippen LogP contribution in [-0.2, 0) is 10.8 Å². The Bertz CT molecular complexity index is 3090. The van der Waals surface area contributed by atoms with Crippen LogP contribution in [0.3, 0.4) is 0 Å². The number of amides is 2. The third-order valence-corrected chi connectivity index (χ3v) is 17.0. The Kier molecular flexibility index (Phi) is 14.6. The molecule has 0 aliphatic heterocycles. The molecule has 0 saturated carbocycles. The van der Waals surface area contributed by atoms with Crippen molar-refractivity contribution in [2.24, 2.45) is 5.73 Å². The van der Waals surface area contributed by atoms with Crippen molar-refractivity contribution in [3.05, 3.63) is 165 Å². The van der Waals surface area contributed by atoms with Gasteiger partial charge in [-0.15, -0.1) is 0 Å². The highest BCUT2D eigenvalue weighted by Crippen LogP contribution is 2.43. The predicted molar refractivity (Wildman–Crippen MR) is 272 cm³/mol. The number of hydrogen-bond donors (Lipinski definition) is 5. The van der Waals surface area contributed by atoms with Gasteiger partial charge in [-0.3, -0.25) is 19.4 Å². The number of H-pyrrole nitrogens is 1. The normalized spacial score (nSPS) is 12.0. The number of carbonyl (C=O) groups is 2. The van der Waals surface area contributed by atoms with Gasteiger partial charge in [0, 0.05) is 58.0 Å². The lowest BCUT2D eigenvalue weighted by Crippen LogP contribution is -2.41. The highest BCUT2D eigenvalue weighted by Gasteiger charge is 2.39. The molecule has 11 nitrogen and oxygen atoms in total. The van der Waals surface area contributed by atoms with Crippen LogP contribution in [0.25, 0.3) is 21.8 Å². The van der Waals surface area contributed by atoms with Crippen LogP contribution in [0.5, 0.6) is 11.5 Å². The molecule has 7 aromatic rings. The van der Waals surface area contributed by atoms with E-state index >= 15 is 0 Å². The van der Waals surface area contributed by atoms with Crippen LogP contribution < -0.4 is 26.7 Å². The lowest BCUT2D eigenvalue weighted by Gasteiger charge is -2.39. The number of phenols is 1. The van der Waals surface area contributed by atoms with Crippen LogP contribution >= 0.6 is 0 Å². The SMILES string of the molecule is COc1cccc(Nc2c(C(N)=O)cnc3c(C)cc(Cc4cccc(C(=O)Nc5cccc(C#CCCCCC[C@H](O[Si](C)(C)C(C)(C)C)c6ccc(O)c7[nH]c(=O)ccc67)c5)c4)cc23)c1. The van der Waals surface area contributed by atoms with E-state index in [0.717, 1.165) is 81.9 Å². The van der Waals surface area contributed by atoms with Gasteiger partial charge >= 0.3 is 0 Å². The minimum absolute atomic E-state index is 0.00969. The predicted octanol–water partition coefficient (Wildman–Crippen LogP) is 11.8. The van der Waals surface area contributed by atoms with Crippen LogP contribution in [0.4, 0.5) is 17.1 Å². The number of nitrogens with zero attached hydrogens (tertiary/aromatic N) is 1. The minimum atomic E-state index is -2.16. The lowest BCUT2D eigenvalue weighted by atomic mass is 9.97. The Morgan fingerprint density at radius 2 is 1.66 bits per heavy atom. The molecule has 0 spiro atoms. The van der Waals surface area contributed by atoms with Gasteiger partial charge in [0.2, 0.25) is 5.56 Å². The highest BCUT2D eigenvalue weighted by atomic mass is 28.4. The fraction of sp³-hybridized carbons (Fsp3) is 0.273. The summed E-state index contributed by atoms with van der Waals surface area (Å²) in [5, 5.41) is 18.5.